The fourth-order valence-corrected chi connectivity index (χ4v) is 7.14. The number of ketones is 1. The van der Waals surface area contributed by atoms with Crippen LogP contribution in [0.15, 0.2) is 33.8 Å². The average molecular weight is 381 g/mol. The maximum atomic E-state index is 13.4. The normalized spacial score (nSPS) is 44.1. The lowest BCUT2D eigenvalue weighted by molar-refractivity contribution is -0.130. The molecule has 4 aliphatic rings. The molecule has 1 aromatic heterocycles. The van der Waals surface area contributed by atoms with Gasteiger partial charge in [-0.05, 0) is 98.8 Å². The molecule has 3 fully saturated rings. The first-order chi connectivity index (χ1) is 13.3. The number of carbonyl (C=O) groups is 1. The van der Waals surface area contributed by atoms with Crippen molar-refractivity contribution in [3.05, 3.63) is 40.9 Å². The maximum absolute atomic E-state index is 13.4. The highest BCUT2D eigenvalue weighted by Gasteiger charge is 2.59. The van der Waals surface area contributed by atoms with Gasteiger partial charge < -0.3 is 9.52 Å². The number of aliphatic hydroxyl groups excluding tert-OH is 1. The Hall–Kier alpha value is -1.61. The molecular weight excluding hydrogens is 348 g/mol. The van der Waals surface area contributed by atoms with Crippen LogP contribution in [-0.4, -0.2) is 17.0 Å². The van der Waals surface area contributed by atoms with Crippen LogP contribution in [0.3, 0.4) is 0 Å². The Labute approximate surface area is 167 Å². The Bertz CT molecular complexity index is 874. The van der Waals surface area contributed by atoms with E-state index in [9.17, 15) is 9.90 Å². The summed E-state index contributed by atoms with van der Waals surface area (Å²) in [5, 5.41) is 10.2. The maximum Gasteiger partial charge on any atom is 0.165 e. The van der Waals surface area contributed by atoms with Gasteiger partial charge in [0.1, 0.15) is 11.5 Å². The van der Waals surface area contributed by atoms with Crippen molar-refractivity contribution in [2.45, 2.75) is 71.8 Å². The highest BCUT2D eigenvalue weighted by Crippen LogP contribution is 2.64. The molecule has 0 unspecified atom stereocenters. The third-order valence-electron chi connectivity index (χ3n) is 8.80. The van der Waals surface area contributed by atoms with Crippen molar-refractivity contribution < 1.29 is 14.3 Å². The van der Waals surface area contributed by atoms with Crippen LogP contribution < -0.4 is 0 Å². The summed E-state index contributed by atoms with van der Waals surface area (Å²) in [5.74, 6) is 3.70. The molecular formula is C25H32O3. The van der Waals surface area contributed by atoms with Crippen LogP contribution in [0.2, 0.25) is 0 Å². The molecule has 150 valence electrons. The molecule has 3 nitrogen and oxygen atoms in total. The van der Waals surface area contributed by atoms with Gasteiger partial charge in [-0.1, -0.05) is 25.5 Å². The molecule has 28 heavy (non-hydrogen) atoms. The number of hydrogen-bond acceptors (Lipinski definition) is 3. The molecule has 1 heterocycles. The molecule has 3 heteroatoms. The van der Waals surface area contributed by atoms with Crippen molar-refractivity contribution in [3.8, 4) is 0 Å². The predicted molar refractivity (Wildman–Crippen MR) is 110 cm³/mol. The van der Waals surface area contributed by atoms with Crippen molar-refractivity contribution in [1.29, 1.82) is 0 Å². The molecule has 0 aliphatic heterocycles. The number of carbonyl (C=O) groups excluding carboxylic acids is 1. The fraction of sp³-hybridized carbons (Fsp3) is 0.640. The number of furan rings is 1. The molecule has 0 radical (unpaired) electrons. The summed E-state index contributed by atoms with van der Waals surface area (Å²) in [7, 11) is 0. The van der Waals surface area contributed by atoms with Gasteiger partial charge >= 0.3 is 0 Å². The molecule has 3 saturated carbocycles. The molecule has 4 aliphatic carbocycles. The van der Waals surface area contributed by atoms with Crippen LogP contribution in [0.5, 0.6) is 0 Å². The molecule has 5 rings (SSSR count). The van der Waals surface area contributed by atoms with Crippen molar-refractivity contribution >= 4 is 11.9 Å². The molecule has 0 spiro atoms. The van der Waals surface area contributed by atoms with Crippen molar-refractivity contribution in [2.75, 3.05) is 0 Å². The Morgan fingerprint density at radius 3 is 2.64 bits per heavy atom. The summed E-state index contributed by atoms with van der Waals surface area (Å²) in [6.45, 7) is 6.60. The number of aryl methyl sites for hydroxylation is 1. The van der Waals surface area contributed by atoms with E-state index in [4.69, 9.17) is 4.42 Å². The molecule has 1 N–H and O–H groups in total. The number of fused-ring (bicyclic) bond motifs is 5. The minimum Gasteiger partial charge on any atom is -0.462 e. The third kappa shape index (κ3) is 2.55. The summed E-state index contributed by atoms with van der Waals surface area (Å²) >= 11 is 0. The van der Waals surface area contributed by atoms with E-state index in [0.717, 1.165) is 62.0 Å². The average Bonchev–Trinajstić information content (AvgIpc) is 3.18. The largest absolute Gasteiger partial charge is 0.462 e. The van der Waals surface area contributed by atoms with Crippen molar-refractivity contribution in [2.24, 2.45) is 28.6 Å². The van der Waals surface area contributed by atoms with Gasteiger partial charge in [0.25, 0.3) is 0 Å². The summed E-state index contributed by atoms with van der Waals surface area (Å²) in [4.78, 5) is 13.4. The van der Waals surface area contributed by atoms with E-state index < -0.39 is 0 Å². The van der Waals surface area contributed by atoms with E-state index in [1.54, 1.807) is 0 Å². The second kappa shape index (κ2) is 6.19. The van der Waals surface area contributed by atoms with Gasteiger partial charge in [-0.25, -0.2) is 0 Å². The molecule has 6 atom stereocenters. The minimum atomic E-state index is -0.218. The van der Waals surface area contributed by atoms with Crippen LogP contribution in [0.4, 0.5) is 0 Å². The number of Topliss-reactive ketones (excluding diaryl/α,β-unsaturated/α-hetero) is 1. The summed E-state index contributed by atoms with van der Waals surface area (Å²) in [5.41, 5.74) is 2.45. The molecule has 0 aromatic carbocycles. The zero-order chi connectivity index (χ0) is 19.7. The first-order valence-corrected chi connectivity index (χ1v) is 11.0. The number of allylic oxidation sites excluding steroid dienone is 2. The highest BCUT2D eigenvalue weighted by molar-refractivity contribution is 6.05. The lowest BCUT2D eigenvalue weighted by atomic mass is 9.48. The van der Waals surface area contributed by atoms with E-state index in [2.05, 4.69) is 19.9 Å². The van der Waals surface area contributed by atoms with Gasteiger partial charge in [0.05, 0.1) is 6.10 Å². The first-order valence-electron chi connectivity index (χ1n) is 11.0. The van der Waals surface area contributed by atoms with Crippen LogP contribution in [-0.2, 0) is 4.79 Å². The molecule has 0 bridgehead atoms. The highest BCUT2D eigenvalue weighted by atomic mass is 16.3. The number of aliphatic hydroxyl groups is 1. The smallest absolute Gasteiger partial charge is 0.165 e. The quantitative estimate of drug-likeness (QED) is 0.519. The number of hydrogen-bond donors (Lipinski definition) is 1. The van der Waals surface area contributed by atoms with E-state index in [0.29, 0.717) is 23.5 Å². The van der Waals surface area contributed by atoms with Gasteiger partial charge in [-0.15, -0.1) is 0 Å². The zero-order valence-corrected chi connectivity index (χ0v) is 17.3. The zero-order valence-electron chi connectivity index (χ0n) is 17.3. The van der Waals surface area contributed by atoms with Crippen LogP contribution in [0.25, 0.3) is 6.08 Å². The van der Waals surface area contributed by atoms with E-state index in [-0.39, 0.29) is 16.9 Å². The third-order valence-corrected chi connectivity index (χ3v) is 8.80. The monoisotopic (exact) mass is 380 g/mol. The molecule has 1 aromatic rings. The topological polar surface area (TPSA) is 50.4 Å². The van der Waals surface area contributed by atoms with Crippen LogP contribution >= 0.6 is 0 Å². The van der Waals surface area contributed by atoms with Crippen molar-refractivity contribution in [3.63, 3.8) is 0 Å². The summed E-state index contributed by atoms with van der Waals surface area (Å²) in [6, 6.07) is 3.93. The minimum absolute atomic E-state index is 0.163. The van der Waals surface area contributed by atoms with Gasteiger partial charge in [0.2, 0.25) is 0 Å². The van der Waals surface area contributed by atoms with E-state index in [1.807, 2.05) is 25.1 Å². The van der Waals surface area contributed by atoms with Gasteiger partial charge in [0, 0.05) is 5.41 Å². The van der Waals surface area contributed by atoms with Crippen LogP contribution in [0.1, 0.15) is 70.3 Å². The van der Waals surface area contributed by atoms with Crippen LogP contribution in [0, 0.1) is 35.5 Å². The lowest BCUT2D eigenvalue weighted by Gasteiger charge is -2.56. The Morgan fingerprint density at radius 1 is 1.11 bits per heavy atom. The lowest BCUT2D eigenvalue weighted by Crippen LogP contribution is -2.50. The van der Waals surface area contributed by atoms with E-state index in [1.165, 1.54) is 5.57 Å². The second-order valence-corrected chi connectivity index (χ2v) is 10.3. The van der Waals surface area contributed by atoms with Gasteiger partial charge in [0.15, 0.2) is 5.78 Å². The van der Waals surface area contributed by atoms with Gasteiger partial charge in [-0.3, -0.25) is 4.79 Å². The van der Waals surface area contributed by atoms with Crippen molar-refractivity contribution in [1.82, 2.24) is 0 Å². The Balaban J connectivity index is 1.48. The number of rotatable bonds is 1. The molecule has 0 saturated heterocycles. The second-order valence-electron chi connectivity index (χ2n) is 10.3. The van der Waals surface area contributed by atoms with Gasteiger partial charge in [-0.2, -0.15) is 0 Å². The Morgan fingerprint density at radius 2 is 1.89 bits per heavy atom. The Kier molecular flexibility index (Phi) is 4.07. The van der Waals surface area contributed by atoms with E-state index >= 15 is 0 Å². The summed E-state index contributed by atoms with van der Waals surface area (Å²) in [6.07, 6.45) is 11.2. The predicted octanol–water partition coefficient (Wildman–Crippen LogP) is 5.47. The fourth-order valence-electron chi connectivity index (χ4n) is 7.14. The summed E-state index contributed by atoms with van der Waals surface area (Å²) < 4.78 is 5.72. The first kappa shape index (κ1) is 18.4. The molecule has 0 amide bonds. The standard InChI is InChI=1S/C25H32O3/c1-15-4-6-19(28-15)12-16-13-22-20-7-5-17-14-18(26)8-10-24(17,2)21(20)9-11-25(22,3)23(16)27/h4-6,12,18,20-22,26H,7-11,13-14H2,1-3H3/b16-12-/t18-,20+,21+,22-,24-,25+/m0/s1. The SMILES string of the molecule is Cc1ccc(/C=C2/C[C@H]3[C@@H]4CC=C5C[C@@H](O)CC[C@]5(C)[C@@H]4CC[C@@]3(C)C2=O)o1.